The van der Waals surface area contributed by atoms with Crippen molar-refractivity contribution in [2.24, 2.45) is 5.92 Å². The Morgan fingerprint density at radius 2 is 2.32 bits per heavy atom. The van der Waals surface area contributed by atoms with Crippen LogP contribution in [0.3, 0.4) is 0 Å². The van der Waals surface area contributed by atoms with Gasteiger partial charge in [0.05, 0.1) is 19.0 Å². The molecular weight excluding hydrogens is 280 g/mol. The maximum absolute atomic E-state index is 12.8. The van der Waals surface area contributed by atoms with E-state index in [-0.39, 0.29) is 5.91 Å². The topological polar surface area (TPSA) is 60.5 Å². The zero-order valence-electron chi connectivity index (χ0n) is 13.7. The summed E-state index contributed by atoms with van der Waals surface area (Å²) in [5.41, 5.74) is -0.0309. The largest absolute Gasteiger partial charge is 0.481 e. The van der Waals surface area contributed by atoms with Gasteiger partial charge in [0.1, 0.15) is 5.60 Å². The molecule has 0 saturated heterocycles. The lowest BCUT2D eigenvalue weighted by molar-refractivity contribution is -0.148. The van der Waals surface area contributed by atoms with Gasteiger partial charge >= 0.3 is 0 Å². The third kappa shape index (κ3) is 3.97. The summed E-state index contributed by atoms with van der Waals surface area (Å²) in [6, 6.07) is 3.53. The summed E-state index contributed by atoms with van der Waals surface area (Å²) in [5.74, 6) is 0.978. The number of anilines is 1. The molecule has 1 fully saturated rings. The molecular formula is C17H26N2O3. The molecule has 0 bridgehead atoms. The molecule has 1 saturated carbocycles. The first-order chi connectivity index (χ1) is 10.6. The smallest absolute Gasteiger partial charge is 0.256 e. The van der Waals surface area contributed by atoms with Crippen LogP contribution in [0.25, 0.3) is 0 Å². The lowest BCUT2D eigenvalue weighted by Crippen LogP contribution is -2.48. The number of carbonyl (C=O) groups excluding carboxylic acids is 1. The van der Waals surface area contributed by atoms with Crippen molar-refractivity contribution >= 4 is 11.6 Å². The van der Waals surface area contributed by atoms with Crippen LogP contribution < -0.4 is 10.1 Å². The standard InChI is InChI=1S/C17H26N2O3/c1-4-10-22-17(9-5-6-13(2)11-17)16(20)19-14-7-8-15(21-3)18-12-14/h7-8,12-13H,4-6,9-11H2,1-3H3,(H,19,20)/t13-,17-/m1/s1. The molecule has 122 valence electrons. The molecule has 2 rings (SSSR count). The molecule has 0 radical (unpaired) electrons. The molecule has 2 atom stereocenters. The number of amides is 1. The number of carbonyl (C=O) groups is 1. The Hall–Kier alpha value is -1.62. The summed E-state index contributed by atoms with van der Waals surface area (Å²) in [6.45, 7) is 4.86. The molecule has 1 N–H and O–H groups in total. The Morgan fingerprint density at radius 1 is 1.50 bits per heavy atom. The minimum absolute atomic E-state index is 0.0560. The van der Waals surface area contributed by atoms with Crippen molar-refractivity contribution < 1.29 is 14.3 Å². The molecule has 0 aromatic carbocycles. The van der Waals surface area contributed by atoms with Crippen LogP contribution in [0.4, 0.5) is 5.69 Å². The number of ether oxygens (including phenoxy) is 2. The van der Waals surface area contributed by atoms with Gasteiger partial charge < -0.3 is 14.8 Å². The highest BCUT2D eigenvalue weighted by atomic mass is 16.5. The minimum Gasteiger partial charge on any atom is -0.481 e. The molecule has 5 nitrogen and oxygen atoms in total. The summed E-state index contributed by atoms with van der Waals surface area (Å²) < 4.78 is 11.0. The van der Waals surface area contributed by atoms with Crippen molar-refractivity contribution in [2.45, 2.75) is 51.6 Å². The summed E-state index contributed by atoms with van der Waals surface area (Å²) in [5, 5.41) is 2.95. The van der Waals surface area contributed by atoms with Gasteiger partial charge in [0.2, 0.25) is 5.88 Å². The Balaban J connectivity index is 2.10. The second-order valence-electron chi connectivity index (χ2n) is 6.09. The van der Waals surface area contributed by atoms with Crippen LogP contribution in [0, 0.1) is 5.92 Å². The van der Waals surface area contributed by atoms with Crippen LogP contribution >= 0.6 is 0 Å². The van der Waals surface area contributed by atoms with E-state index in [0.717, 1.165) is 32.1 Å². The number of pyridine rings is 1. The second kappa shape index (κ2) is 7.58. The first-order valence-electron chi connectivity index (χ1n) is 8.05. The summed E-state index contributed by atoms with van der Waals surface area (Å²) >= 11 is 0. The Bertz CT molecular complexity index is 489. The highest BCUT2D eigenvalue weighted by Gasteiger charge is 2.42. The Labute approximate surface area is 132 Å². The minimum atomic E-state index is -0.701. The number of methoxy groups -OCH3 is 1. The number of aromatic nitrogens is 1. The van der Waals surface area contributed by atoms with E-state index in [1.807, 2.05) is 0 Å². The van der Waals surface area contributed by atoms with Crippen LogP contribution in [-0.4, -0.2) is 30.2 Å². The maximum atomic E-state index is 12.8. The van der Waals surface area contributed by atoms with Crippen molar-refractivity contribution in [3.63, 3.8) is 0 Å². The lowest BCUT2D eigenvalue weighted by atomic mass is 9.78. The third-order valence-electron chi connectivity index (χ3n) is 4.16. The average Bonchev–Trinajstić information content (AvgIpc) is 2.53. The number of nitrogens with one attached hydrogen (secondary N) is 1. The van der Waals surface area contributed by atoms with E-state index in [0.29, 0.717) is 24.1 Å². The SMILES string of the molecule is CCCO[C@]1(C(=O)Nc2ccc(OC)nc2)CCC[C@@H](C)C1. The molecule has 1 aromatic heterocycles. The molecule has 0 unspecified atom stereocenters. The fourth-order valence-corrected chi connectivity index (χ4v) is 3.02. The second-order valence-corrected chi connectivity index (χ2v) is 6.09. The Kier molecular flexibility index (Phi) is 5.77. The van der Waals surface area contributed by atoms with Gasteiger partial charge in [0.25, 0.3) is 5.91 Å². The fraction of sp³-hybridized carbons (Fsp3) is 0.647. The van der Waals surface area contributed by atoms with E-state index in [9.17, 15) is 4.79 Å². The fourth-order valence-electron chi connectivity index (χ4n) is 3.02. The van der Waals surface area contributed by atoms with E-state index in [2.05, 4.69) is 24.1 Å². The van der Waals surface area contributed by atoms with Crippen LogP contribution in [0.5, 0.6) is 5.88 Å². The van der Waals surface area contributed by atoms with Crippen molar-refractivity contribution in [2.75, 3.05) is 19.0 Å². The number of rotatable bonds is 6. The molecule has 1 heterocycles. The van der Waals surface area contributed by atoms with Crippen molar-refractivity contribution in [1.82, 2.24) is 4.98 Å². The van der Waals surface area contributed by atoms with Crippen LogP contribution in [0.15, 0.2) is 18.3 Å². The zero-order chi connectivity index (χ0) is 16.0. The average molecular weight is 306 g/mol. The molecule has 0 spiro atoms. The molecule has 22 heavy (non-hydrogen) atoms. The van der Waals surface area contributed by atoms with Gasteiger partial charge in [0.15, 0.2) is 0 Å². The summed E-state index contributed by atoms with van der Waals surface area (Å²) in [7, 11) is 1.57. The maximum Gasteiger partial charge on any atom is 0.256 e. The molecule has 1 aliphatic rings. The van der Waals surface area contributed by atoms with E-state index in [4.69, 9.17) is 9.47 Å². The van der Waals surface area contributed by atoms with Crippen LogP contribution in [0.1, 0.15) is 46.0 Å². The zero-order valence-corrected chi connectivity index (χ0v) is 13.7. The van der Waals surface area contributed by atoms with Gasteiger partial charge in [-0.2, -0.15) is 0 Å². The van der Waals surface area contributed by atoms with Gasteiger partial charge in [-0.15, -0.1) is 0 Å². The summed E-state index contributed by atoms with van der Waals surface area (Å²) in [4.78, 5) is 16.9. The van der Waals surface area contributed by atoms with Crippen molar-refractivity contribution in [1.29, 1.82) is 0 Å². The van der Waals surface area contributed by atoms with Gasteiger partial charge in [-0.1, -0.05) is 20.3 Å². The predicted molar refractivity (Wildman–Crippen MR) is 86.0 cm³/mol. The van der Waals surface area contributed by atoms with Crippen LogP contribution in [0.2, 0.25) is 0 Å². The van der Waals surface area contributed by atoms with E-state index < -0.39 is 5.60 Å². The first kappa shape index (κ1) is 16.7. The predicted octanol–water partition coefficient (Wildman–Crippen LogP) is 3.40. The van der Waals surface area contributed by atoms with Gasteiger partial charge in [-0.3, -0.25) is 4.79 Å². The lowest BCUT2D eigenvalue weighted by Gasteiger charge is -2.38. The monoisotopic (exact) mass is 306 g/mol. The molecule has 0 aliphatic heterocycles. The quantitative estimate of drug-likeness (QED) is 0.875. The van der Waals surface area contributed by atoms with E-state index >= 15 is 0 Å². The molecule has 1 aliphatic carbocycles. The van der Waals surface area contributed by atoms with Gasteiger partial charge in [-0.05, 0) is 37.7 Å². The molecule has 1 aromatic rings. The normalized spacial score (nSPS) is 24.8. The third-order valence-corrected chi connectivity index (χ3v) is 4.16. The number of hydrogen-bond acceptors (Lipinski definition) is 4. The van der Waals surface area contributed by atoms with Crippen LogP contribution in [-0.2, 0) is 9.53 Å². The van der Waals surface area contributed by atoms with Crippen molar-refractivity contribution in [3.05, 3.63) is 18.3 Å². The highest BCUT2D eigenvalue weighted by molar-refractivity contribution is 5.97. The van der Waals surface area contributed by atoms with E-state index in [1.165, 1.54) is 0 Å². The Morgan fingerprint density at radius 3 is 2.91 bits per heavy atom. The summed E-state index contributed by atoms with van der Waals surface area (Å²) in [6.07, 6.45) is 6.27. The highest BCUT2D eigenvalue weighted by Crippen LogP contribution is 2.36. The van der Waals surface area contributed by atoms with Gasteiger partial charge in [-0.25, -0.2) is 4.98 Å². The van der Waals surface area contributed by atoms with Gasteiger partial charge in [0, 0.05) is 12.7 Å². The number of nitrogens with zero attached hydrogens (tertiary/aromatic N) is 1. The first-order valence-corrected chi connectivity index (χ1v) is 8.05. The number of hydrogen-bond donors (Lipinski definition) is 1. The molecule has 5 heteroatoms. The van der Waals surface area contributed by atoms with Crippen molar-refractivity contribution in [3.8, 4) is 5.88 Å². The molecule has 1 amide bonds. The van der Waals surface area contributed by atoms with E-state index in [1.54, 1.807) is 25.4 Å².